The molecule has 6 nitrogen and oxygen atoms in total. The van der Waals surface area contributed by atoms with Gasteiger partial charge in [0.1, 0.15) is 5.75 Å². The smallest absolute Gasteiger partial charge is 0.338 e. The average Bonchev–Trinajstić information content (AvgIpc) is 3.12. The van der Waals surface area contributed by atoms with Crippen molar-refractivity contribution in [2.24, 2.45) is 0 Å². The van der Waals surface area contributed by atoms with Gasteiger partial charge >= 0.3 is 5.97 Å². The largest absolute Gasteiger partial charge is 0.506 e. The number of phenols is 1. The highest BCUT2D eigenvalue weighted by Gasteiger charge is 2.51. The van der Waals surface area contributed by atoms with Gasteiger partial charge in [0.25, 0.3) is 5.91 Å². The van der Waals surface area contributed by atoms with Crippen LogP contribution in [0.15, 0.2) is 24.3 Å². The topological polar surface area (TPSA) is 88.2 Å². The Morgan fingerprint density at radius 3 is 2.78 bits per heavy atom. The van der Waals surface area contributed by atoms with Gasteiger partial charge in [-0.1, -0.05) is 12.1 Å². The van der Waals surface area contributed by atoms with Crippen molar-refractivity contribution in [3.05, 3.63) is 24.3 Å². The summed E-state index contributed by atoms with van der Waals surface area (Å²) in [6.45, 7) is 1.92. The Bertz CT molecular complexity index is 473. The van der Waals surface area contributed by atoms with Gasteiger partial charge in [0, 0.05) is 0 Å². The molecule has 0 saturated carbocycles. The molecule has 1 fully saturated rings. The number of ether oxygens (including phenoxy) is 2. The summed E-state index contributed by atoms with van der Waals surface area (Å²) in [4.78, 5) is 23.0. The number of nitrogens with one attached hydrogen (secondary N) is 1. The van der Waals surface area contributed by atoms with Crippen molar-refractivity contribution in [1.29, 1.82) is 0 Å². The van der Waals surface area contributed by atoms with E-state index >= 15 is 0 Å². The highest BCUT2D eigenvalue weighted by molar-refractivity contribution is 6.01. The number of rotatable bonds is 4. The predicted octanol–water partition coefficient (Wildman–Crippen LogP) is 0.661. The van der Waals surface area contributed by atoms with E-state index in [1.165, 1.54) is 6.07 Å². The third kappa shape index (κ3) is 2.60. The first-order valence-electron chi connectivity index (χ1n) is 5.54. The zero-order chi connectivity index (χ0) is 13.1. The second kappa shape index (κ2) is 5.05. The number of amides is 1. The lowest BCUT2D eigenvalue weighted by molar-refractivity contribution is -0.144. The first kappa shape index (κ1) is 12.4. The number of esters is 1. The standard InChI is InChI=1S/C12H13NO5/c1-2-17-12(16)10-9(18-10)11(15)13-7-5-3-4-6-8(7)14/h3-6,9-10,14H,2H2,1H3,(H,13,15). The second-order valence-corrected chi connectivity index (χ2v) is 3.74. The average molecular weight is 251 g/mol. The van der Waals surface area contributed by atoms with Crippen LogP contribution in [0.3, 0.4) is 0 Å². The minimum atomic E-state index is -0.844. The third-order valence-corrected chi connectivity index (χ3v) is 2.43. The number of para-hydroxylation sites is 2. The second-order valence-electron chi connectivity index (χ2n) is 3.74. The van der Waals surface area contributed by atoms with E-state index in [0.29, 0.717) is 0 Å². The van der Waals surface area contributed by atoms with Crippen molar-refractivity contribution in [2.75, 3.05) is 11.9 Å². The molecule has 6 heteroatoms. The molecular weight excluding hydrogens is 238 g/mol. The van der Waals surface area contributed by atoms with Crippen LogP contribution in [0, 0.1) is 0 Å². The number of aromatic hydroxyl groups is 1. The molecule has 2 unspecified atom stereocenters. The van der Waals surface area contributed by atoms with E-state index < -0.39 is 24.1 Å². The minimum absolute atomic E-state index is 0.0424. The Hall–Kier alpha value is -2.08. The quantitative estimate of drug-likeness (QED) is 0.466. The molecule has 0 radical (unpaired) electrons. The molecule has 1 amide bonds. The Morgan fingerprint density at radius 2 is 2.11 bits per heavy atom. The molecule has 0 aliphatic carbocycles. The number of carbonyl (C=O) groups excluding carboxylic acids is 2. The van der Waals surface area contributed by atoms with Gasteiger partial charge in [-0.25, -0.2) is 4.79 Å². The van der Waals surface area contributed by atoms with E-state index in [1.807, 2.05) is 0 Å². The number of hydrogen-bond acceptors (Lipinski definition) is 5. The summed E-state index contributed by atoms with van der Waals surface area (Å²) in [7, 11) is 0. The molecule has 2 atom stereocenters. The van der Waals surface area contributed by atoms with Crippen LogP contribution >= 0.6 is 0 Å². The van der Waals surface area contributed by atoms with Crippen molar-refractivity contribution < 1.29 is 24.2 Å². The van der Waals surface area contributed by atoms with Crippen LogP contribution in [0.4, 0.5) is 5.69 Å². The van der Waals surface area contributed by atoms with Gasteiger partial charge in [-0.15, -0.1) is 0 Å². The van der Waals surface area contributed by atoms with E-state index in [2.05, 4.69) is 5.32 Å². The summed E-state index contributed by atoms with van der Waals surface area (Å²) < 4.78 is 9.66. The Balaban J connectivity index is 1.91. The lowest BCUT2D eigenvalue weighted by atomic mass is 10.2. The fourth-order valence-corrected chi connectivity index (χ4v) is 1.50. The van der Waals surface area contributed by atoms with Crippen molar-refractivity contribution in [2.45, 2.75) is 19.1 Å². The summed E-state index contributed by atoms with van der Waals surface area (Å²) >= 11 is 0. The first-order chi connectivity index (χ1) is 8.63. The van der Waals surface area contributed by atoms with Gasteiger partial charge in [0.15, 0.2) is 12.2 Å². The van der Waals surface area contributed by atoms with Crippen molar-refractivity contribution in [1.82, 2.24) is 0 Å². The summed E-state index contributed by atoms with van der Waals surface area (Å²) in [6.07, 6.45) is -1.68. The van der Waals surface area contributed by atoms with E-state index in [9.17, 15) is 14.7 Å². The Labute approximate surface area is 104 Å². The van der Waals surface area contributed by atoms with Crippen LogP contribution in [-0.2, 0) is 19.1 Å². The molecule has 2 rings (SSSR count). The lowest BCUT2D eigenvalue weighted by Crippen LogP contribution is -2.23. The number of carbonyl (C=O) groups is 2. The van der Waals surface area contributed by atoms with Gasteiger partial charge in [-0.2, -0.15) is 0 Å². The van der Waals surface area contributed by atoms with Gasteiger partial charge < -0.3 is 19.9 Å². The maximum Gasteiger partial charge on any atom is 0.338 e. The van der Waals surface area contributed by atoms with Gasteiger partial charge in [-0.3, -0.25) is 4.79 Å². The summed E-state index contributed by atoms with van der Waals surface area (Å²) in [5, 5.41) is 12.0. The summed E-state index contributed by atoms with van der Waals surface area (Å²) in [5.41, 5.74) is 0.278. The number of phenolic OH excluding ortho intramolecular Hbond substituents is 1. The van der Waals surface area contributed by atoms with E-state index in [4.69, 9.17) is 9.47 Å². The van der Waals surface area contributed by atoms with Gasteiger partial charge in [0.2, 0.25) is 0 Å². The third-order valence-electron chi connectivity index (χ3n) is 2.43. The molecule has 1 aliphatic heterocycles. The first-order valence-corrected chi connectivity index (χ1v) is 5.54. The van der Waals surface area contributed by atoms with Crippen LogP contribution in [-0.4, -0.2) is 35.8 Å². The highest BCUT2D eigenvalue weighted by Crippen LogP contribution is 2.27. The van der Waals surface area contributed by atoms with Crippen LogP contribution in [0.2, 0.25) is 0 Å². The van der Waals surface area contributed by atoms with Crippen LogP contribution < -0.4 is 5.32 Å². The zero-order valence-corrected chi connectivity index (χ0v) is 9.75. The van der Waals surface area contributed by atoms with E-state index in [1.54, 1.807) is 25.1 Å². The Kier molecular flexibility index (Phi) is 3.47. The molecule has 0 bridgehead atoms. The monoisotopic (exact) mass is 251 g/mol. The molecule has 0 aromatic heterocycles. The molecule has 1 aromatic rings. The van der Waals surface area contributed by atoms with Crippen molar-refractivity contribution in [3.63, 3.8) is 0 Å². The normalized spacial score (nSPS) is 21.2. The number of anilines is 1. The summed E-state index contributed by atoms with van der Waals surface area (Å²) in [6, 6.07) is 6.31. The van der Waals surface area contributed by atoms with Gasteiger partial charge in [-0.05, 0) is 19.1 Å². The molecule has 2 N–H and O–H groups in total. The van der Waals surface area contributed by atoms with Crippen LogP contribution in [0.5, 0.6) is 5.75 Å². The zero-order valence-electron chi connectivity index (χ0n) is 9.75. The number of hydrogen-bond donors (Lipinski definition) is 2. The molecule has 1 aliphatic rings. The molecular formula is C12H13NO5. The molecule has 1 heterocycles. The number of epoxide rings is 1. The minimum Gasteiger partial charge on any atom is -0.506 e. The van der Waals surface area contributed by atoms with Gasteiger partial charge in [0.05, 0.1) is 12.3 Å². The van der Waals surface area contributed by atoms with E-state index in [0.717, 1.165) is 0 Å². The summed E-state index contributed by atoms with van der Waals surface area (Å²) in [5.74, 6) is -1.07. The Morgan fingerprint density at radius 1 is 1.39 bits per heavy atom. The maximum absolute atomic E-state index is 11.7. The molecule has 1 aromatic carbocycles. The highest BCUT2D eigenvalue weighted by atomic mass is 16.6. The number of benzene rings is 1. The lowest BCUT2D eigenvalue weighted by Gasteiger charge is -2.04. The SMILES string of the molecule is CCOC(=O)C1OC1C(=O)Nc1ccccc1O. The molecule has 96 valence electrons. The predicted molar refractivity (Wildman–Crippen MR) is 62.0 cm³/mol. The molecule has 0 spiro atoms. The van der Waals surface area contributed by atoms with Crippen molar-refractivity contribution in [3.8, 4) is 5.75 Å². The van der Waals surface area contributed by atoms with Crippen molar-refractivity contribution >= 4 is 17.6 Å². The fourth-order valence-electron chi connectivity index (χ4n) is 1.50. The molecule has 18 heavy (non-hydrogen) atoms. The molecule has 1 saturated heterocycles. The van der Waals surface area contributed by atoms with E-state index in [-0.39, 0.29) is 18.0 Å². The van der Waals surface area contributed by atoms with Crippen LogP contribution in [0.1, 0.15) is 6.92 Å². The maximum atomic E-state index is 11.7. The fraction of sp³-hybridized carbons (Fsp3) is 0.333. The van der Waals surface area contributed by atoms with Crippen LogP contribution in [0.25, 0.3) is 0 Å².